The zero-order valence-corrected chi connectivity index (χ0v) is 15.7. The molecule has 0 spiro atoms. The fraction of sp³-hybridized carbons (Fsp3) is 0.200. The SMILES string of the molecule is CC(=O)Nc1ccc(OCc2noc(C(=O)NCCc3ccc(O)cc3)n2)cc1. The Hall–Kier alpha value is -3.88. The second-order valence-electron chi connectivity index (χ2n) is 6.18. The summed E-state index contributed by atoms with van der Waals surface area (Å²) in [5, 5.41) is 18.3. The van der Waals surface area contributed by atoms with E-state index in [2.05, 4.69) is 20.8 Å². The zero-order chi connectivity index (χ0) is 20.6. The molecular weight excluding hydrogens is 376 g/mol. The van der Waals surface area contributed by atoms with Crippen LogP contribution in [0, 0.1) is 0 Å². The Labute approximate surface area is 166 Å². The van der Waals surface area contributed by atoms with E-state index < -0.39 is 5.91 Å². The van der Waals surface area contributed by atoms with Crippen molar-refractivity contribution in [2.24, 2.45) is 0 Å². The third-order valence-corrected chi connectivity index (χ3v) is 3.84. The number of amides is 2. The van der Waals surface area contributed by atoms with Gasteiger partial charge in [0.1, 0.15) is 11.5 Å². The first kappa shape index (κ1) is 19.9. The van der Waals surface area contributed by atoms with E-state index in [0.717, 1.165) is 5.56 Å². The van der Waals surface area contributed by atoms with E-state index in [1.807, 2.05) is 0 Å². The Morgan fingerprint density at radius 2 is 1.83 bits per heavy atom. The van der Waals surface area contributed by atoms with Gasteiger partial charge in [0, 0.05) is 19.2 Å². The smallest absolute Gasteiger partial charge is 0.316 e. The topological polar surface area (TPSA) is 127 Å². The maximum absolute atomic E-state index is 12.1. The van der Waals surface area contributed by atoms with E-state index >= 15 is 0 Å². The molecule has 0 unspecified atom stereocenters. The molecule has 0 saturated heterocycles. The summed E-state index contributed by atoms with van der Waals surface area (Å²) in [6.07, 6.45) is 0.602. The molecule has 1 heterocycles. The number of ether oxygens (including phenoxy) is 1. The molecule has 1 aromatic heterocycles. The summed E-state index contributed by atoms with van der Waals surface area (Å²) in [5.41, 5.74) is 1.64. The van der Waals surface area contributed by atoms with E-state index in [4.69, 9.17) is 9.26 Å². The van der Waals surface area contributed by atoms with Gasteiger partial charge in [-0.2, -0.15) is 4.98 Å². The number of aromatic nitrogens is 2. The molecule has 3 N–H and O–H groups in total. The maximum atomic E-state index is 12.1. The summed E-state index contributed by atoms with van der Waals surface area (Å²) in [7, 11) is 0. The van der Waals surface area contributed by atoms with Gasteiger partial charge in [-0.1, -0.05) is 17.3 Å². The first-order chi connectivity index (χ1) is 14.0. The highest BCUT2D eigenvalue weighted by molar-refractivity contribution is 5.89. The molecule has 3 aromatic rings. The van der Waals surface area contributed by atoms with Crippen LogP contribution >= 0.6 is 0 Å². The van der Waals surface area contributed by atoms with Crippen LogP contribution in [0.3, 0.4) is 0 Å². The Balaban J connectivity index is 1.45. The highest BCUT2D eigenvalue weighted by Crippen LogP contribution is 2.16. The number of phenols is 1. The number of anilines is 1. The lowest BCUT2D eigenvalue weighted by Crippen LogP contribution is -2.26. The molecule has 0 saturated carbocycles. The zero-order valence-electron chi connectivity index (χ0n) is 15.7. The van der Waals surface area contributed by atoms with Crippen LogP contribution in [0.25, 0.3) is 0 Å². The van der Waals surface area contributed by atoms with Gasteiger partial charge in [0.2, 0.25) is 11.7 Å². The average Bonchev–Trinajstić information content (AvgIpc) is 3.18. The van der Waals surface area contributed by atoms with Gasteiger partial charge in [-0.05, 0) is 48.4 Å². The summed E-state index contributed by atoms with van der Waals surface area (Å²) in [6, 6.07) is 13.6. The van der Waals surface area contributed by atoms with Gasteiger partial charge in [0.05, 0.1) is 0 Å². The minimum Gasteiger partial charge on any atom is -0.508 e. The van der Waals surface area contributed by atoms with E-state index in [-0.39, 0.29) is 30.0 Å². The molecule has 0 aliphatic heterocycles. The number of hydrogen-bond acceptors (Lipinski definition) is 7. The summed E-state index contributed by atoms with van der Waals surface area (Å²) in [6.45, 7) is 1.85. The number of phenolic OH excluding ortho intramolecular Hbond substituents is 1. The number of nitrogens with one attached hydrogen (secondary N) is 2. The molecule has 150 valence electrons. The monoisotopic (exact) mass is 396 g/mol. The number of aromatic hydroxyl groups is 1. The van der Waals surface area contributed by atoms with Crippen LogP contribution in [-0.4, -0.2) is 33.6 Å². The second-order valence-corrected chi connectivity index (χ2v) is 6.18. The summed E-state index contributed by atoms with van der Waals surface area (Å²) in [4.78, 5) is 27.1. The van der Waals surface area contributed by atoms with Crippen molar-refractivity contribution in [1.29, 1.82) is 0 Å². The van der Waals surface area contributed by atoms with Crippen molar-refractivity contribution in [2.75, 3.05) is 11.9 Å². The van der Waals surface area contributed by atoms with Crippen LogP contribution in [0.1, 0.15) is 29.0 Å². The van der Waals surface area contributed by atoms with Crippen LogP contribution in [0.2, 0.25) is 0 Å². The average molecular weight is 396 g/mol. The molecule has 3 rings (SSSR count). The van der Waals surface area contributed by atoms with Crippen molar-refractivity contribution in [1.82, 2.24) is 15.5 Å². The number of carbonyl (C=O) groups is 2. The number of rotatable bonds is 8. The van der Waals surface area contributed by atoms with Gasteiger partial charge in [0.15, 0.2) is 6.61 Å². The minimum atomic E-state index is -0.470. The molecule has 0 atom stereocenters. The summed E-state index contributed by atoms with van der Waals surface area (Å²) < 4.78 is 10.5. The first-order valence-corrected chi connectivity index (χ1v) is 8.89. The van der Waals surface area contributed by atoms with E-state index in [9.17, 15) is 14.7 Å². The van der Waals surface area contributed by atoms with Crippen LogP contribution in [0.15, 0.2) is 53.1 Å². The van der Waals surface area contributed by atoms with Gasteiger partial charge in [-0.25, -0.2) is 0 Å². The van der Waals surface area contributed by atoms with Gasteiger partial charge in [0.25, 0.3) is 0 Å². The Morgan fingerprint density at radius 1 is 1.10 bits per heavy atom. The maximum Gasteiger partial charge on any atom is 0.316 e. The highest BCUT2D eigenvalue weighted by atomic mass is 16.5. The number of nitrogens with zero attached hydrogens (tertiary/aromatic N) is 2. The Bertz CT molecular complexity index is 967. The third kappa shape index (κ3) is 6.06. The predicted octanol–water partition coefficient (Wildman–Crippen LogP) is 2.29. The molecule has 0 radical (unpaired) electrons. The molecule has 9 heteroatoms. The van der Waals surface area contributed by atoms with Gasteiger partial charge in [-0.15, -0.1) is 0 Å². The van der Waals surface area contributed by atoms with E-state index in [1.54, 1.807) is 48.5 Å². The molecule has 9 nitrogen and oxygen atoms in total. The van der Waals surface area contributed by atoms with Crippen molar-refractivity contribution in [3.63, 3.8) is 0 Å². The van der Waals surface area contributed by atoms with Crippen LogP contribution in [0.4, 0.5) is 5.69 Å². The van der Waals surface area contributed by atoms with E-state index in [0.29, 0.717) is 24.4 Å². The summed E-state index contributed by atoms with van der Waals surface area (Å²) in [5.74, 6) is 0.224. The molecular formula is C20H20N4O5. The number of benzene rings is 2. The second kappa shape index (κ2) is 9.36. The van der Waals surface area contributed by atoms with Crippen molar-refractivity contribution in [3.05, 3.63) is 65.8 Å². The third-order valence-electron chi connectivity index (χ3n) is 3.84. The molecule has 0 aliphatic carbocycles. The minimum absolute atomic E-state index is 0.0315. The van der Waals surface area contributed by atoms with E-state index in [1.165, 1.54) is 6.92 Å². The van der Waals surface area contributed by atoms with Gasteiger partial charge >= 0.3 is 11.8 Å². The molecule has 2 aromatic carbocycles. The predicted molar refractivity (Wildman–Crippen MR) is 104 cm³/mol. The first-order valence-electron chi connectivity index (χ1n) is 8.89. The fourth-order valence-electron chi connectivity index (χ4n) is 2.45. The Kier molecular flexibility index (Phi) is 6.41. The molecule has 29 heavy (non-hydrogen) atoms. The number of carbonyl (C=O) groups excluding carboxylic acids is 2. The number of hydrogen-bond donors (Lipinski definition) is 3. The molecule has 2 amide bonds. The van der Waals surface area contributed by atoms with Crippen LogP contribution in [-0.2, 0) is 17.8 Å². The van der Waals surface area contributed by atoms with Crippen molar-refractivity contribution < 1.29 is 24.0 Å². The largest absolute Gasteiger partial charge is 0.508 e. The van der Waals surface area contributed by atoms with Crippen LogP contribution < -0.4 is 15.4 Å². The van der Waals surface area contributed by atoms with Crippen molar-refractivity contribution in [2.45, 2.75) is 20.0 Å². The molecule has 0 fully saturated rings. The van der Waals surface area contributed by atoms with Crippen LogP contribution in [0.5, 0.6) is 11.5 Å². The molecule has 0 aliphatic rings. The van der Waals surface area contributed by atoms with Crippen molar-refractivity contribution >= 4 is 17.5 Å². The lowest BCUT2D eigenvalue weighted by Gasteiger charge is -2.05. The summed E-state index contributed by atoms with van der Waals surface area (Å²) >= 11 is 0. The van der Waals surface area contributed by atoms with Gasteiger partial charge < -0.3 is 25.0 Å². The lowest BCUT2D eigenvalue weighted by molar-refractivity contribution is -0.114. The quantitative estimate of drug-likeness (QED) is 0.533. The normalized spacial score (nSPS) is 10.4. The Morgan fingerprint density at radius 3 is 2.52 bits per heavy atom. The fourth-order valence-corrected chi connectivity index (χ4v) is 2.45. The highest BCUT2D eigenvalue weighted by Gasteiger charge is 2.15. The standard InChI is InChI=1S/C20H20N4O5/c1-13(25)22-15-4-8-17(9-5-15)28-12-18-23-20(29-24-18)19(27)21-11-10-14-2-6-16(26)7-3-14/h2-9,26H,10-12H2,1H3,(H,21,27)(H,22,25). The van der Waals surface area contributed by atoms with Crippen molar-refractivity contribution in [3.8, 4) is 11.5 Å². The molecule has 0 bridgehead atoms. The van der Waals surface area contributed by atoms with Gasteiger partial charge in [-0.3, -0.25) is 9.59 Å². The lowest BCUT2D eigenvalue weighted by atomic mass is 10.1.